The Morgan fingerprint density at radius 3 is 2.66 bits per heavy atom. The molecule has 2 aromatic carbocycles. The fourth-order valence-electron chi connectivity index (χ4n) is 3.60. The molecule has 0 spiro atoms. The second kappa shape index (κ2) is 8.45. The maximum Gasteiger partial charge on any atom is 0.323 e. The second-order valence-electron chi connectivity index (χ2n) is 7.08. The number of carbonyl (C=O) groups is 1. The number of benzene rings is 2. The van der Waals surface area contributed by atoms with Crippen LogP contribution in [0.15, 0.2) is 48.5 Å². The van der Waals surface area contributed by atoms with Crippen molar-refractivity contribution in [2.75, 3.05) is 31.6 Å². The number of carbonyl (C=O) groups excluding carboxylic acids is 1. The highest BCUT2D eigenvalue weighted by molar-refractivity contribution is 6.04. The maximum absolute atomic E-state index is 12.8. The first kappa shape index (κ1) is 19.1. The summed E-state index contributed by atoms with van der Waals surface area (Å²) in [5.41, 5.74) is 1.72. The van der Waals surface area contributed by atoms with Crippen molar-refractivity contribution in [3.05, 3.63) is 48.5 Å². The summed E-state index contributed by atoms with van der Waals surface area (Å²) in [6.45, 7) is 6.87. The van der Waals surface area contributed by atoms with E-state index in [1.165, 1.54) is 0 Å². The van der Waals surface area contributed by atoms with Gasteiger partial charge >= 0.3 is 6.03 Å². The number of nitrogens with zero attached hydrogens (tertiary/aromatic N) is 3. The van der Waals surface area contributed by atoms with E-state index in [2.05, 4.69) is 20.8 Å². The van der Waals surface area contributed by atoms with Crippen LogP contribution < -0.4 is 15.4 Å². The number of rotatable bonds is 4. The molecule has 2 N–H and O–H groups in total. The molecule has 1 fully saturated rings. The Morgan fingerprint density at radius 1 is 1.17 bits per heavy atom. The normalized spacial score (nSPS) is 16.6. The minimum Gasteiger partial charge on any atom is -0.494 e. The third-order valence-corrected chi connectivity index (χ3v) is 5.11. The van der Waals surface area contributed by atoms with Gasteiger partial charge in [-0.05, 0) is 38.1 Å². The van der Waals surface area contributed by atoms with Gasteiger partial charge in [0.1, 0.15) is 11.4 Å². The second-order valence-corrected chi connectivity index (χ2v) is 7.08. The van der Waals surface area contributed by atoms with Gasteiger partial charge in [-0.2, -0.15) is 0 Å². The Kier molecular flexibility index (Phi) is 5.57. The van der Waals surface area contributed by atoms with E-state index in [-0.39, 0.29) is 12.1 Å². The van der Waals surface area contributed by atoms with Crippen molar-refractivity contribution in [3.63, 3.8) is 0 Å². The van der Waals surface area contributed by atoms with E-state index in [4.69, 9.17) is 4.74 Å². The SMILES string of the molecule is CCOc1ccc(-c2nnc(NC(=O)N3CCNCC3C)c3ccccc23)cc1. The lowest BCUT2D eigenvalue weighted by Crippen LogP contribution is -2.53. The molecular weight excluding hydrogens is 366 g/mol. The third kappa shape index (κ3) is 4.00. The summed E-state index contributed by atoms with van der Waals surface area (Å²) >= 11 is 0. The predicted molar refractivity (Wildman–Crippen MR) is 114 cm³/mol. The summed E-state index contributed by atoms with van der Waals surface area (Å²) in [7, 11) is 0. The first-order chi connectivity index (χ1) is 14.2. The molecule has 0 saturated carbocycles. The summed E-state index contributed by atoms with van der Waals surface area (Å²) in [5.74, 6) is 1.30. The topological polar surface area (TPSA) is 79.4 Å². The molecule has 1 aromatic heterocycles. The Balaban J connectivity index is 1.65. The van der Waals surface area contributed by atoms with Gasteiger partial charge in [0, 0.05) is 42.0 Å². The van der Waals surface area contributed by atoms with Crippen LogP contribution in [0.25, 0.3) is 22.0 Å². The standard InChI is InChI=1S/C22H25N5O2/c1-3-29-17-10-8-16(9-11-17)20-18-6-4-5-7-19(18)21(26-25-20)24-22(28)27-13-12-23-14-15(27)2/h4-11,15,23H,3,12-14H2,1-2H3,(H,24,26,28). The van der Waals surface area contributed by atoms with E-state index < -0.39 is 0 Å². The van der Waals surface area contributed by atoms with Crippen LogP contribution >= 0.6 is 0 Å². The van der Waals surface area contributed by atoms with Gasteiger partial charge in [0.05, 0.1) is 6.61 Å². The predicted octanol–water partition coefficient (Wildman–Crippen LogP) is 3.52. The third-order valence-electron chi connectivity index (χ3n) is 5.11. The van der Waals surface area contributed by atoms with Gasteiger partial charge in [-0.3, -0.25) is 5.32 Å². The molecule has 2 amide bonds. The van der Waals surface area contributed by atoms with Crippen LogP contribution in [-0.2, 0) is 0 Å². The molecule has 29 heavy (non-hydrogen) atoms. The smallest absolute Gasteiger partial charge is 0.323 e. The van der Waals surface area contributed by atoms with Crippen LogP contribution in [0.2, 0.25) is 0 Å². The molecule has 150 valence electrons. The van der Waals surface area contributed by atoms with E-state index in [0.717, 1.165) is 40.9 Å². The molecule has 7 nitrogen and oxygen atoms in total. The number of anilines is 1. The lowest BCUT2D eigenvalue weighted by atomic mass is 10.0. The number of fused-ring (bicyclic) bond motifs is 1. The Morgan fingerprint density at radius 2 is 1.93 bits per heavy atom. The molecule has 1 aliphatic heterocycles. The zero-order chi connectivity index (χ0) is 20.2. The van der Waals surface area contributed by atoms with Crippen LogP contribution in [0.4, 0.5) is 10.6 Å². The highest BCUT2D eigenvalue weighted by atomic mass is 16.5. The molecule has 0 radical (unpaired) electrons. The van der Waals surface area contributed by atoms with Gasteiger partial charge in [0.2, 0.25) is 0 Å². The molecule has 3 aromatic rings. The van der Waals surface area contributed by atoms with Gasteiger partial charge in [0.15, 0.2) is 5.82 Å². The lowest BCUT2D eigenvalue weighted by Gasteiger charge is -2.33. The first-order valence-corrected chi connectivity index (χ1v) is 9.94. The Labute approximate surface area is 170 Å². The number of hydrogen-bond donors (Lipinski definition) is 2. The van der Waals surface area contributed by atoms with Crippen LogP contribution in [0.1, 0.15) is 13.8 Å². The van der Waals surface area contributed by atoms with Crippen LogP contribution in [0.5, 0.6) is 5.75 Å². The van der Waals surface area contributed by atoms with E-state index in [9.17, 15) is 4.79 Å². The number of urea groups is 1. The molecule has 1 aliphatic rings. The molecular formula is C22H25N5O2. The highest BCUT2D eigenvalue weighted by Gasteiger charge is 2.24. The van der Waals surface area contributed by atoms with Crippen molar-refractivity contribution in [2.45, 2.75) is 19.9 Å². The van der Waals surface area contributed by atoms with Gasteiger partial charge in [-0.25, -0.2) is 4.79 Å². The Hall–Kier alpha value is -3.19. The van der Waals surface area contributed by atoms with Crippen LogP contribution in [0.3, 0.4) is 0 Å². The van der Waals surface area contributed by atoms with Gasteiger partial charge in [0.25, 0.3) is 0 Å². The van der Waals surface area contributed by atoms with E-state index in [1.807, 2.05) is 67.3 Å². The number of piperazine rings is 1. The van der Waals surface area contributed by atoms with Crippen molar-refractivity contribution >= 4 is 22.6 Å². The van der Waals surface area contributed by atoms with Gasteiger partial charge in [-0.1, -0.05) is 24.3 Å². The zero-order valence-corrected chi connectivity index (χ0v) is 16.7. The van der Waals surface area contributed by atoms with E-state index in [1.54, 1.807) is 0 Å². The van der Waals surface area contributed by atoms with E-state index >= 15 is 0 Å². The summed E-state index contributed by atoms with van der Waals surface area (Å²) < 4.78 is 5.52. The molecule has 7 heteroatoms. The number of ether oxygens (including phenoxy) is 1. The van der Waals surface area contributed by atoms with Crippen LogP contribution in [0, 0.1) is 0 Å². The fraction of sp³-hybridized carbons (Fsp3) is 0.318. The van der Waals surface area contributed by atoms with Crippen molar-refractivity contribution < 1.29 is 9.53 Å². The van der Waals surface area contributed by atoms with Crippen molar-refractivity contribution in [3.8, 4) is 17.0 Å². The number of hydrogen-bond acceptors (Lipinski definition) is 5. The molecule has 2 heterocycles. The average molecular weight is 391 g/mol. The summed E-state index contributed by atoms with van der Waals surface area (Å²) in [4.78, 5) is 14.6. The van der Waals surface area contributed by atoms with Crippen molar-refractivity contribution in [1.82, 2.24) is 20.4 Å². The minimum absolute atomic E-state index is 0.131. The highest BCUT2D eigenvalue weighted by Crippen LogP contribution is 2.30. The van der Waals surface area contributed by atoms with Crippen molar-refractivity contribution in [1.29, 1.82) is 0 Å². The minimum atomic E-state index is -0.146. The fourth-order valence-corrected chi connectivity index (χ4v) is 3.60. The lowest BCUT2D eigenvalue weighted by molar-refractivity contribution is 0.177. The van der Waals surface area contributed by atoms with Crippen molar-refractivity contribution in [2.24, 2.45) is 0 Å². The average Bonchev–Trinajstić information content (AvgIpc) is 2.75. The van der Waals surface area contributed by atoms with Crippen LogP contribution in [-0.4, -0.2) is 53.4 Å². The monoisotopic (exact) mass is 391 g/mol. The first-order valence-electron chi connectivity index (χ1n) is 9.94. The number of nitrogens with one attached hydrogen (secondary N) is 2. The molecule has 4 rings (SSSR count). The maximum atomic E-state index is 12.8. The summed E-state index contributed by atoms with van der Waals surface area (Å²) in [6, 6.07) is 15.6. The molecule has 1 saturated heterocycles. The summed E-state index contributed by atoms with van der Waals surface area (Å²) in [6.07, 6.45) is 0. The molecule has 0 aliphatic carbocycles. The van der Waals surface area contributed by atoms with Gasteiger partial charge in [-0.15, -0.1) is 10.2 Å². The summed E-state index contributed by atoms with van der Waals surface area (Å²) in [5, 5.41) is 16.8. The van der Waals surface area contributed by atoms with Gasteiger partial charge < -0.3 is 15.0 Å². The molecule has 1 atom stereocenters. The molecule has 0 bridgehead atoms. The zero-order valence-electron chi connectivity index (χ0n) is 16.7. The largest absolute Gasteiger partial charge is 0.494 e. The number of amides is 2. The number of aromatic nitrogens is 2. The Bertz CT molecular complexity index is 1010. The van der Waals surface area contributed by atoms with E-state index in [0.29, 0.717) is 19.0 Å². The quantitative estimate of drug-likeness (QED) is 0.711. The molecule has 1 unspecified atom stereocenters.